The van der Waals surface area contributed by atoms with Crippen LogP contribution in [-0.2, 0) is 0 Å². The van der Waals surface area contributed by atoms with Crippen LogP contribution >= 0.6 is 0 Å². The van der Waals surface area contributed by atoms with Crippen molar-refractivity contribution >= 4 is 0 Å². The van der Waals surface area contributed by atoms with E-state index in [4.69, 9.17) is 0 Å². The van der Waals surface area contributed by atoms with Crippen molar-refractivity contribution in [2.45, 2.75) is 66.7 Å². The Labute approximate surface area is 130 Å². The van der Waals surface area contributed by atoms with Crippen LogP contribution in [-0.4, -0.2) is 5.11 Å². The molecule has 0 radical (unpaired) electrons. The molecule has 1 aliphatic carbocycles. The van der Waals surface area contributed by atoms with Gasteiger partial charge in [0.2, 0.25) is 0 Å². The van der Waals surface area contributed by atoms with Gasteiger partial charge in [0.1, 0.15) is 5.75 Å². The Morgan fingerprint density at radius 2 is 1.76 bits per heavy atom. The first kappa shape index (κ1) is 17.6. The SMILES string of the molecule is CC1=CCC(=C(C)C)CC1.Cc1ccc(C(C)C)c(O)c1. The Kier molecular flexibility index (Phi) is 6.74. The molecule has 0 saturated carbocycles. The van der Waals surface area contributed by atoms with E-state index < -0.39 is 0 Å². The van der Waals surface area contributed by atoms with E-state index in [9.17, 15) is 5.11 Å². The minimum atomic E-state index is 0.399. The number of benzene rings is 1. The monoisotopic (exact) mass is 286 g/mol. The molecule has 0 aromatic heterocycles. The zero-order chi connectivity index (χ0) is 16.0. The number of rotatable bonds is 1. The predicted octanol–water partition coefficient (Wildman–Crippen LogP) is 6.28. The lowest BCUT2D eigenvalue weighted by Crippen LogP contribution is -1.93. The minimum Gasteiger partial charge on any atom is -0.508 e. The standard InChI is InChI=1S/C10H14O.C10H16/c1-7(2)9-5-4-8(3)6-10(9)11;1-8(2)10-6-4-9(3)5-7-10/h4-7,11H,1-3H3;4H,5-7H2,1-3H3. The molecule has 0 aliphatic heterocycles. The summed E-state index contributed by atoms with van der Waals surface area (Å²) in [5.41, 5.74) is 6.85. The van der Waals surface area contributed by atoms with E-state index in [1.807, 2.05) is 19.1 Å². The molecule has 1 aromatic rings. The van der Waals surface area contributed by atoms with Crippen LogP contribution in [0.25, 0.3) is 0 Å². The van der Waals surface area contributed by atoms with E-state index in [1.54, 1.807) is 17.2 Å². The number of hydrogen-bond donors (Lipinski definition) is 1. The highest BCUT2D eigenvalue weighted by Crippen LogP contribution is 2.26. The van der Waals surface area contributed by atoms with Crippen LogP contribution in [0.5, 0.6) is 5.75 Å². The van der Waals surface area contributed by atoms with Gasteiger partial charge < -0.3 is 5.11 Å². The van der Waals surface area contributed by atoms with Crippen molar-refractivity contribution in [2.24, 2.45) is 0 Å². The van der Waals surface area contributed by atoms with Gasteiger partial charge in [0.05, 0.1) is 0 Å². The molecule has 21 heavy (non-hydrogen) atoms. The number of allylic oxidation sites excluding steroid dienone is 4. The molecule has 2 rings (SSSR count). The molecular formula is C20H30O. The number of phenolic OH excluding ortho intramolecular Hbond substituents is 1. The second-order valence-electron chi connectivity index (χ2n) is 6.58. The van der Waals surface area contributed by atoms with E-state index in [2.05, 4.69) is 40.7 Å². The second-order valence-corrected chi connectivity index (χ2v) is 6.58. The predicted molar refractivity (Wildman–Crippen MR) is 92.9 cm³/mol. The van der Waals surface area contributed by atoms with Crippen molar-refractivity contribution in [2.75, 3.05) is 0 Å². The van der Waals surface area contributed by atoms with Gasteiger partial charge in [-0.25, -0.2) is 0 Å². The maximum absolute atomic E-state index is 9.46. The van der Waals surface area contributed by atoms with Crippen LogP contribution < -0.4 is 0 Å². The highest BCUT2D eigenvalue weighted by molar-refractivity contribution is 5.37. The average molecular weight is 286 g/mol. The lowest BCUT2D eigenvalue weighted by Gasteiger charge is -2.13. The lowest BCUT2D eigenvalue weighted by molar-refractivity contribution is 0.464. The Morgan fingerprint density at radius 1 is 1.10 bits per heavy atom. The normalized spacial score (nSPS) is 14.4. The fourth-order valence-electron chi connectivity index (χ4n) is 2.45. The molecule has 1 aromatic carbocycles. The van der Waals surface area contributed by atoms with Crippen LogP contribution in [0.3, 0.4) is 0 Å². The fraction of sp³-hybridized carbons (Fsp3) is 0.500. The molecule has 1 aliphatic rings. The molecule has 0 fully saturated rings. The van der Waals surface area contributed by atoms with Crippen molar-refractivity contribution in [3.63, 3.8) is 0 Å². The topological polar surface area (TPSA) is 20.2 Å². The van der Waals surface area contributed by atoms with E-state index >= 15 is 0 Å². The summed E-state index contributed by atoms with van der Waals surface area (Å²) in [6, 6.07) is 5.81. The molecule has 0 bridgehead atoms. The minimum absolute atomic E-state index is 0.399. The molecule has 116 valence electrons. The van der Waals surface area contributed by atoms with Crippen molar-refractivity contribution in [3.8, 4) is 5.75 Å². The van der Waals surface area contributed by atoms with E-state index in [0.717, 1.165) is 11.1 Å². The molecule has 0 atom stereocenters. The van der Waals surface area contributed by atoms with Gasteiger partial charge >= 0.3 is 0 Å². The third-order valence-electron chi connectivity index (χ3n) is 4.03. The molecule has 0 unspecified atom stereocenters. The van der Waals surface area contributed by atoms with Crippen LogP contribution in [0, 0.1) is 6.92 Å². The average Bonchev–Trinajstić information content (AvgIpc) is 2.39. The van der Waals surface area contributed by atoms with Crippen molar-refractivity contribution in [1.29, 1.82) is 0 Å². The Bertz CT molecular complexity index is 529. The van der Waals surface area contributed by atoms with E-state index in [-0.39, 0.29) is 0 Å². The molecule has 1 heteroatoms. The zero-order valence-electron chi connectivity index (χ0n) is 14.5. The number of phenols is 1. The van der Waals surface area contributed by atoms with Crippen LogP contribution in [0.2, 0.25) is 0 Å². The first-order valence-electron chi connectivity index (χ1n) is 7.91. The van der Waals surface area contributed by atoms with Crippen molar-refractivity contribution in [1.82, 2.24) is 0 Å². The third-order valence-corrected chi connectivity index (χ3v) is 4.03. The van der Waals surface area contributed by atoms with E-state index in [0.29, 0.717) is 11.7 Å². The molecule has 0 amide bonds. The molecule has 0 heterocycles. The lowest BCUT2D eigenvalue weighted by atomic mass is 9.93. The largest absolute Gasteiger partial charge is 0.508 e. The number of hydrogen-bond acceptors (Lipinski definition) is 1. The Hall–Kier alpha value is -1.50. The van der Waals surface area contributed by atoms with Crippen LogP contribution in [0.15, 0.2) is 41.0 Å². The summed E-state index contributed by atoms with van der Waals surface area (Å²) < 4.78 is 0. The highest BCUT2D eigenvalue weighted by atomic mass is 16.3. The van der Waals surface area contributed by atoms with Gasteiger partial charge in [-0.05, 0) is 70.1 Å². The maximum atomic E-state index is 9.46. The summed E-state index contributed by atoms with van der Waals surface area (Å²) in [7, 11) is 0. The van der Waals surface area contributed by atoms with Gasteiger partial charge in [0.25, 0.3) is 0 Å². The molecule has 0 saturated heterocycles. The Morgan fingerprint density at radius 3 is 2.19 bits per heavy atom. The van der Waals surface area contributed by atoms with Crippen LogP contribution in [0.4, 0.5) is 0 Å². The number of aromatic hydroxyl groups is 1. The highest BCUT2D eigenvalue weighted by Gasteiger charge is 2.05. The second kappa shape index (κ2) is 8.07. The molecular weight excluding hydrogens is 256 g/mol. The van der Waals surface area contributed by atoms with Gasteiger partial charge in [-0.2, -0.15) is 0 Å². The van der Waals surface area contributed by atoms with Gasteiger partial charge in [0, 0.05) is 0 Å². The summed E-state index contributed by atoms with van der Waals surface area (Å²) in [5.74, 6) is 0.815. The summed E-state index contributed by atoms with van der Waals surface area (Å²) in [6.07, 6.45) is 6.13. The van der Waals surface area contributed by atoms with Gasteiger partial charge in [-0.3, -0.25) is 0 Å². The van der Waals surface area contributed by atoms with Crippen molar-refractivity contribution < 1.29 is 5.11 Å². The molecule has 1 N–H and O–H groups in total. The quantitative estimate of drug-likeness (QED) is 0.602. The van der Waals surface area contributed by atoms with Gasteiger partial charge in [-0.1, -0.05) is 48.8 Å². The summed E-state index contributed by atoms with van der Waals surface area (Å²) >= 11 is 0. The fourth-order valence-corrected chi connectivity index (χ4v) is 2.45. The van der Waals surface area contributed by atoms with Gasteiger partial charge in [0.15, 0.2) is 0 Å². The first-order chi connectivity index (χ1) is 9.81. The Balaban J connectivity index is 0.000000211. The molecule has 0 spiro atoms. The third kappa shape index (κ3) is 5.79. The smallest absolute Gasteiger partial charge is 0.119 e. The summed E-state index contributed by atoms with van der Waals surface area (Å²) in [5, 5.41) is 9.46. The molecule has 1 nitrogen and oxygen atoms in total. The first-order valence-corrected chi connectivity index (χ1v) is 7.91. The van der Waals surface area contributed by atoms with Crippen LogP contribution in [0.1, 0.15) is 70.9 Å². The van der Waals surface area contributed by atoms with E-state index in [1.165, 1.54) is 24.8 Å². The summed E-state index contributed by atoms with van der Waals surface area (Å²) in [4.78, 5) is 0. The number of aryl methyl sites for hydroxylation is 1. The van der Waals surface area contributed by atoms with Crippen molar-refractivity contribution in [3.05, 3.63) is 52.1 Å². The summed E-state index contributed by atoms with van der Waals surface area (Å²) in [6.45, 7) is 12.8. The zero-order valence-corrected chi connectivity index (χ0v) is 14.5. The van der Waals surface area contributed by atoms with Gasteiger partial charge in [-0.15, -0.1) is 0 Å². The maximum Gasteiger partial charge on any atom is 0.119 e.